The highest BCUT2D eigenvalue weighted by Crippen LogP contribution is 2.19. The number of aromatic carboxylic acids is 1. The quantitative estimate of drug-likeness (QED) is 0.781. The van der Waals surface area contributed by atoms with Crippen LogP contribution in [0.1, 0.15) is 21.6 Å². The maximum atomic E-state index is 11.6. The third-order valence-corrected chi connectivity index (χ3v) is 2.67. The first-order valence-corrected chi connectivity index (χ1v) is 5.64. The third-order valence-electron chi connectivity index (χ3n) is 2.67. The minimum Gasteiger partial charge on any atom is -0.478 e. The molecule has 0 atom stereocenters. The van der Waals surface area contributed by atoms with Gasteiger partial charge in [-0.3, -0.25) is 4.79 Å². The second-order valence-corrected chi connectivity index (χ2v) is 4.21. The Morgan fingerprint density at radius 3 is 2.63 bits per heavy atom. The number of nitrogens with zero attached hydrogens (tertiary/aromatic N) is 1. The fourth-order valence-electron chi connectivity index (χ4n) is 1.68. The minimum atomic E-state index is -0.979. The van der Waals surface area contributed by atoms with Crippen LogP contribution in [0.5, 0.6) is 0 Å². The molecule has 2 aromatic rings. The molecule has 1 aromatic carbocycles. The highest BCUT2D eigenvalue weighted by atomic mass is 16.4. The van der Waals surface area contributed by atoms with Gasteiger partial charge in [0.05, 0.1) is 11.3 Å². The number of hydrogen-bond acceptors (Lipinski definition) is 4. The fraction of sp³-hybridized carbons (Fsp3) is 0.154. The van der Waals surface area contributed by atoms with Crippen molar-refractivity contribution in [3.63, 3.8) is 0 Å². The predicted octanol–water partition coefficient (Wildman–Crippen LogP) is 1.83. The van der Waals surface area contributed by atoms with Crippen LogP contribution in [0.4, 0.5) is 11.4 Å². The molecule has 98 valence electrons. The number of carbonyl (C=O) groups is 1. The van der Waals surface area contributed by atoms with Crippen molar-refractivity contribution in [3.8, 4) is 0 Å². The van der Waals surface area contributed by atoms with Gasteiger partial charge in [0.25, 0.3) is 5.56 Å². The smallest absolute Gasteiger partial charge is 0.335 e. The molecule has 0 saturated carbocycles. The first-order valence-electron chi connectivity index (χ1n) is 5.64. The van der Waals surface area contributed by atoms with Crippen molar-refractivity contribution in [2.75, 3.05) is 5.32 Å². The molecule has 2 rings (SSSR count). The van der Waals surface area contributed by atoms with E-state index in [-0.39, 0.29) is 11.1 Å². The van der Waals surface area contributed by atoms with E-state index in [0.29, 0.717) is 17.1 Å². The zero-order valence-electron chi connectivity index (χ0n) is 10.5. The van der Waals surface area contributed by atoms with E-state index in [9.17, 15) is 9.59 Å². The molecule has 1 heterocycles. The predicted molar refractivity (Wildman–Crippen MR) is 71.0 cm³/mol. The van der Waals surface area contributed by atoms with Crippen LogP contribution in [0, 0.1) is 13.8 Å². The van der Waals surface area contributed by atoms with Crippen molar-refractivity contribution in [1.29, 1.82) is 0 Å². The zero-order valence-corrected chi connectivity index (χ0v) is 10.5. The molecule has 0 fully saturated rings. The van der Waals surface area contributed by atoms with Gasteiger partial charge in [0.15, 0.2) is 0 Å². The van der Waals surface area contributed by atoms with Crippen LogP contribution < -0.4 is 10.9 Å². The topological polar surface area (TPSA) is 95.1 Å². The summed E-state index contributed by atoms with van der Waals surface area (Å²) in [5.74, 6) is -0.979. The molecular weight excluding hydrogens is 246 g/mol. The molecule has 0 bridgehead atoms. The van der Waals surface area contributed by atoms with E-state index in [0.717, 1.165) is 5.56 Å². The van der Waals surface area contributed by atoms with E-state index >= 15 is 0 Å². The summed E-state index contributed by atoms with van der Waals surface area (Å²) in [6.07, 6.45) is 0. The molecule has 0 amide bonds. The molecular formula is C13H13N3O3. The van der Waals surface area contributed by atoms with Crippen molar-refractivity contribution in [2.45, 2.75) is 13.8 Å². The van der Waals surface area contributed by atoms with E-state index in [1.807, 2.05) is 0 Å². The Morgan fingerprint density at radius 1 is 1.26 bits per heavy atom. The summed E-state index contributed by atoms with van der Waals surface area (Å²) in [5, 5.41) is 18.0. The van der Waals surface area contributed by atoms with Crippen LogP contribution in [0.2, 0.25) is 0 Å². The number of aromatic amines is 1. The lowest BCUT2D eigenvalue weighted by molar-refractivity contribution is 0.0697. The van der Waals surface area contributed by atoms with Crippen molar-refractivity contribution in [2.24, 2.45) is 0 Å². The summed E-state index contributed by atoms with van der Waals surface area (Å²) in [5.41, 5.74) is 2.37. The van der Waals surface area contributed by atoms with Gasteiger partial charge in [-0.2, -0.15) is 5.10 Å². The summed E-state index contributed by atoms with van der Waals surface area (Å²) >= 11 is 0. The molecule has 1 aromatic heterocycles. The number of H-pyrrole nitrogens is 1. The summed E-state index contributed by atoms with van der Waals surface area (Å²) < 4.78 is 0. The van der Waals surface area contributed by atoms with Gasteiger partial charge in [0.2, 0.25) is 0 Å². The Morgan fingerprint density at radius 2 is 2.00 bits per heavy atom. The molecule has 0 aliphatic heterocycles. The summed E-state index contributed by atoms with van der Waals surface area (Å²) in [7, 11) is 0. The number of hydrogen-bond donors (Lipinski definition) is 3. The van der Waals surface area contributed by atoms with Gasteiger partial charge in [0.1, 0.15) is 5.69 Å². The zero-order chi connectivity index (χ0) is 14.0. The van der Waals surface area contributed by atoms with Crippen molar-refractivity contribution < 1.29 is 9.90 Å². The van der Waals surface area contributed by atoms with E-state index in [1.54, 1.807) is 32.0 Å². The molecule has 0 aliphatic rings. The first-order chi connectivity index (χ1) is 8.97. The van der Waals surface area contributed by atoms with Crippen LogP contribution in [0.3, 0.4) is 0 Å². The molecule has 3 N–H and O–H groups in total. The number of nitrogens with one attached hydrogen (secondary N) is 2. The number of benzene rings is 1. The van der Waals surface area contributed by atoms with Crippen molar-refractivity contribution >= 4 is 17.3 Å². The van der Waals surface area contributed by atoms with Gasteiger partial charge in [0, 0.05) is 5.69 Å². The molecule has 0 unspecified atom stereocenters. The SMILES string of the molecule is Cc1cc(Nc2ccc(C(=O)O)cc2C)c(=O)[nH]n1. The highest BCUT2D eigenvalue weighted by Gasteiger charge is 2.07. The van der Waals surface area contributed by atoms with Gasteiger partial charge in [-0.25, -0.2) is 9.89 Å². The minimum absolute atomic E-state index is 0.211. The lowest BCUT2D eigenvalue weighted by Crippen LogP contribution is -2.14. The molecule has 0 aliphatic carbocycles. The molecule has 0 saturated heterocycles. The number of carboxylic acids is 1. The van der Waals surface area contributed by atoms with Gasteiger partial charge < -0.3 is 10.4 Å². The number of aryl methyl sites for hydroxylation is 2. The molecule has 19 heavy (non-hydrogen) atoms. The Hall–Kier alpha value is -2.63. The molecule has 0 spiro atoms. The van der Waals surface area contributed by atoms with E-state index < -0.39 is 5.97 Å². The van der Waals surface area contributed by atoms with Crippen LogP contribution >= 0.6 is 0 Å². The van der Waals surface area contributed by atoms with E-state index in [1.165, 1.54) is 6.07 Å². The second kappa shape index (κ2) is 4.93. The number of aromatic nitrogens is 2. The third kappa shape index (κ3) is 2.79. The average Bonchev–Trinajstić information content (AvgIpc) is 2.36. The molecule has 6 heteroatoms. The number of rotatable bonds is 3. The lowest BCUT2D eigenvalue weighted by Gasteiger charge is -2.09. The van der Waals surface area contributed by atoms with Crippen molar-refractivity contribution in [3.05, 3.63) is 51.4 Å². The van der Waals surface area contributed by atoms with Gasteiger partial charge in [-0.15, -0.1) is 0 Å². The average molecular weight is 259 g/mol. The van der Waals surface area contributed by atoms with Crippen LogP contribution in [-0.2, 0) is 0 Å². The first kappa shape index (κ1) is 12.8. The van der Waals surface area contributed by atoms with Gasteiger partial charge in [-0.05, 0) is 43.7 Å². The standard InChI is InChI=1S/C13H13N3O3/c1-7-5-9(13(18)19)3-4-10(7)14-11-6-8(2)15-16-12(11)17/h3-6H,1-2H3,(H,14,15)(H,16,17)(H,18,19). The Kier molecular flexibility index (Phi) is 3.33. The number of anilines is 2. The maximum Gasteiger partial charge on any atom is 0.335 e. The lowest BCUT2D eigenvalue weighted by atomic mass is 10.1. The monoisotopic (exact) mass is 259 g/mol. The Balaban J connectivity index is 2.36. The summed E-state index contributed by atoms with van der Waals surface area (Å²) in [4.78, 5) is 22.4. The Labute approximate surface area is 109 Å². The molecule has 6 nitrogen and oxygen atoms in total. The molecule has 0 radical (unpaired) electrons. The van der Waals surface area contributed by atoms with Crippen LogP contribution in [-0.4, -0.2) is 21.3 Å². The van der Waals surface area contributed by atoms with Crippen LogP contribution in [0.25, 0.3) is 0 Å². The van der Waals surface area contributed by atoms with Gasteiger partial charge >= 0.3 is 5.97 Å². The number of carboxylic acid groups (broad SMARTS) is 1. The van der Waals surface area contributed by atoms with E-state index in [4.69, 9.17) is 5.11 Å². The Bertz CT molecular complexity index is 692. The van der Waals surface area contributed by atoms with Gasteiger partial charge in [-0.1, -0.05) is 0 Å². The summed E-state index contributed by atoms with van der Waals surface area (Å²) in [6.45, 7) is 3.54. The largest absolute Gasteiger partial charge is 0.478 e. The van der Waals surface area contributed by atoms with E-state index in [2.05, 4.69) is 15.5 Å². The maximum absolute atomic E-state index is 11.6. The normalized spacial score (nSPS) is 10.2. The van der Waals surface area contributed by atoms with Crippen LogP contribution in [0.15, 0.2) is 29.1 Å². The summed E-state index contributed by atoms with van der Waals surface area (Å²) in [6, 6.07) is 6.30. The highest BCUT2D eigenvalue weighted by molar-refractivity contribution is 5.88. The fourth-order valence-corrected chi connectivity index (χ4v) is 1.68. The second-order valence-electron chi connectivity index (χ2n) is 4.21. The van der Waals surface area contributed by atoms with Crippen molar-refractivity contribution in [1.82, 2.24) is 10.2 Å².